The number of amides is 2. The van der Waals surface area contributed by atoms with Crippen molar-refractivity contribution >= 4 is 18.0 Å². The molecule has 10 heteroatoms. The number of ether oxygens (including phenoxy) is 2. The van der Waals surface area contributed by atoms with Crippen LogP contribution in [0.4, 0.5) is 18.4 Å². The number of nitrogens with one attached hydrogen (secondary N) is 1. The molecule has 0 radical (unpaired) electrons. The standard InChI is InChI=1S/C25H37F2NO7/c1-6-22(4)11-17(35-21(33)28-20(32)34-13-25(26,27)12-29)23(5)14(2)7-9-24(15(3)19(22)31)10-8-16(30)18(23)24/h6,14-15,17-19,29,31H,1,7-13H2,2-5H3,(H,28,32,33)/t14?,15-,17+,18-,19-,22+,23+,24-/m0/s1. The van der Waals surface area contributed by atoms with E-state index in [0.29, 0.717) is 12.8 Å². The molecule has 3 rings (SSSR count). The second-order valence-electron chi connectivity index (χ2n) is 11.2. The number of rotatable bonds is 5. The predicted molar refractivity (Wildman–Crippen MR) is 122 cm³/mol. The van der Waals surface area contributed by atoms with Crippen molar-refractivity contribution < 1.29 is 42.9 Å². The first-order valence-corrected chi connectivity index (χ1v) is 12.1. The van der Waals surface area contributed by atoms with E-state index in [9.17, 15) is 28.3 Å². The third-order valence-corrected chi connectivity index (χ3v) is 9.40. The highest BCUT2D eigenvalue weighted by atomic mass is 19.3. The van der Waals surface area contributed by atoms with Gasteiger partial charge >= 0.3 is 18.1 Å². The van der Waals surface area contributed by atoms with Gasteiger partial charge in [0.15, 0.2) is 6.61 Å². The SMILES string of the molecule is C=C[C@]1(C)C[C@@H](OC(=O)NC(=O)OCC(F)(F)CO)[C@@]2(C)C(C)CC[C@]3(CCC(=O)[C@H]32)[C@@H](C)[C@@H]1O. The average Bonchev–Trinajstić information content (AvgIpc) is 3.16. The van der Waals surface area contributed by atoms with E-state index in [-0.39, 0.29) is 24.0 Å². The Balaban J connectivity index is 1.93. The molecule has 0 aromatic carbocycles. The largest absolute Gasteiger partial charge is 0.445 e. The number of alkyl halides is 2. The monoisotopic (exact) mass is 501 g/mol. The van der Waals surface area contributed by atoms with E-state index >= 15 is 0 Å². The Labute approximate surface area is 204 Å². The van der Waals surface area contributed by atoms with Gasteiger partial charge in [-0.05, 0) is 42.9 Å². The first-order chi connectivity index (χ1) is 16.2. The summed E-state index contributed by atoms with van der Waals surface area (Å²) < 4.78 is 36.4. The Morgan fingerprint density at radius 2 is 1.91 bits per heavy atom. The second-order valence-corrected chi connectivity index (χ2v) is 11.2. The van der Waals surface area contributed by atoms with Crippen LogP contribution in [-0.4, -0.2) is 59.5 Å². The van der Waals surface area contributed by atoms with Gasteiger partial charge in [-0.15, -0.1) is 6.58 Å². The van der Waals surface area contributed by atoms with Gasteiger partial charge in [-0.25, -0.2) is 23.7 Å². The predicted octanol–water partition coefficient (Wildman–Crippen LogP) is 3.84. The fourth-order valence-corrected chi connectivity index (χ4v) is 7.00. The Bertz CT molecular complexity index is 882. The molecule has 198 valence electrons. The Morgan fingerprint density at radius 3 is 2.51 bits per heavy atom. The number of hydrogen-bond donors (Lipinski definition) is 3. The van der Waals surface area contributed by atoms with Gasteiger partial charge in [0, 0.05) is 23.2 Å². The number of aliphatic hydroxyl groups excluding tert-OH is 2. The minimum absolute atomic E-state index is 0.00724. The van der Waals surface area contributed by atoms with E-state index in [1.807, 2.05) is 27.7 Å². The molecule has 0 saturated heterocycles. The molecule has 1 unspecified atom stereocenters. The van der Waals surface area contributed by atoms with E-state index in [2.05, 4.69) is 11.3 Å². The smallest absolute Gasteiger partial charge is 0.416 e. The highest BCUT2D eigenvalue weighted by molar-refractivity contribution is 5.88. The summed E-state index contributed by atoms with van der Waals surface area (Å²) in [5.41, 5.74) is -2.08. The van der Waals surface area contributed by atoms with Crippen molar-refractivity contribution in [2.24, 2.45) is 34.0 Å². The van der Waals surface area contributed by atoms with Crippen molar-refractivity contribution in [1.29, 1.82) is 0 Å². The summed E-state index contributed by atoms with van der Waals surface area (Å²) in [7, 11) is 0. The summed E-state index contributed by atoms with van der Waals surface area (Å²) >= 11 is 0. The summed E-state index contributed by atoms with van der Waals surface area (Å²) in [4.78, 5) is 37.9. The number of alkyl carbamates (subject to hydrolysis) is 2. The lowest BCUT2D eigenvalue weighted by molar-refractivity contribution is -0.191. The lowest BCUT2D eigenvalue weighted by atomic mass is 9.44. The molecule has 0 aromatic rings. The zero-order chi connectivity index (χ0) is 26.4. The van der Waals surface area contributed by atoms with Crippen molar-refractivity contribution in [1.82, 2.24) is 5.32 Å². The molecule has 3 aliphatic rings. The summed E-state index contributed by atoms with van der Waals surface area (Å²) in [5, 5.41) is 21.8. The van der Waals surface area contributed by atoms with Gasteiger partial charge in [0.2, 0.25) is 0 Å². The van der Waals surface area contributed by atoms with E-state index < -0.39 is 65.7 Å². The minimum atomic E-state index is -3.64. The average molecular weight is 502 g/mol. The Morgan fingerprint density at radius 1 is 1.26 bits per heavy atom. The van der Waals surface area contributed by atoms with Crippen LogP contribution >= 0.6 is 0 Å². The highest BCUT2D eigenvalue weighted by Gasteiger charge is 2.68. The van der Waals surface area contributed by atoms with Crippen molar-refractivity contribution in [2.45, 2.75) is 77.9 Å². The van der Waals surface area contributed by atoms with Crippen LogP contribution in [0.3, 0.4) is 0 Å². The first-order valence-electron chi connectivity index (χ1n) is 12.1. The molecule has 3 N–H and O–H groups in total. The van der Waals surface area contributed by atoms with Gasteiger partial charge in [-0.1, -0.05) is 33.8 Å². The van der Waals surface area contributed by atoms with E-state index in [1.165, 1.54) is 0 Å². The van der Waals surface area contributed by atoms with E-state index in [4.69, 9.17) is 9.84 Å². The Kier molecular flexibility index (Phi) is 7.41. The quantitative estimate of drug-likeness (QED) is 0.489. The van der Waals surface area contributed by atoms with Crippen LogP contribution in [0.2, 0.25) is 0 Å². The fourth-order valence-electron chi connectivity index (χ4n) is 7.00. The van der Waals surface area contributed by atoms with Crippen molar-refractivity contribution in [2.75, 3.05) is 13.2 Å². The number of hydrogen-bond acceptors (Lipinski definition) is 7. The second kappa shape index (κ2) is 9.42. The van der Waals surface area contributed by atoms with Crippen LogP contribution < -0.4 is 5.32 Å². The van der Waals surface area contributed by atoms with Gasteiger partial charge in [-0.3, -0.25) is 4.79 Å². The number of carbonyl (C=O) groups excluding carboxylic acids is 3. The summed E-state index contributed by atoms with van der Waals surface area (Å²) in [6.07, 6.45) is 0.0381. The number of halogens is 2. The third kappa shape index (κ3) is 4.59. The van der Waals surface area contributed by atoms with Gasteiger partial charge in [0.25, 0.3) is 0 Å². The molecule has 3 aliphatic carbocycles. The van der Waals surface area contributed by atoms with Crippen molar-refractivity contribution in [3.8, 4) is 0 Å². The zero-order valence-corrected chi connectivity index (χ0v) is 20.8. The van der Waals surface area contributed by atoms with Crippen LogP contribution in [0.15, 0.2) is 12.7 Å². The topological polar surface area (TPSA) is 122 Å². The van der Waals surface area contributed by atoms with Crippen LogP contribution in [0.1, 0.15) is 59.8 Å². The number of ketones is 1. The zero-order valence-electron chi connectivity index (χ0n) is 20.8. The molecule has 2 bridgehead atoms. The van der Waals surface area contributed by atoms with E-state index in [0.717, 1.165) is 12.8 Å². The molecule has 35 heavy (non-hydrogen) atoms. The number of Topliss-reactive ketones (excluding diaryl/α,β-unsaturated/α-hetero) is 1. The molecule has 0 heterocycles. The third-order valence-electron chi connectivity index (χ3n) is 9.40. The molecule has 2 amide bonds. The first kappa shape index (κ1) is 27.5. The number of aliphatic hydroxyl groups is 2. The van der Waals surface area contributed by atoms with Gasteiger partial charge in [-0.2, -0.15) is 0 Å². The highest BCUT2D eigenvalue weighted by Crippen LogP contribution is 2.67. The molecule has 3 fully saturated rings. The lowest BCUT2D eigenvalue weighted by Gasteiger charge is -2.61. The molecule has 3 saturated carbocycles. The molecular formula is C25H37F2NO7. The minimum Gasteiger partial charge on any atom is -0.445 e. The summed E-state index contributed by atoms with van der Waals surface area (Å²) in [5.74, 6) is -4.19. The molecule has 8 atom stereocenters. The summed E-state index contributed by atoms with van der Waals surface area (Å²) in [6.45, 7) is 8.77. The molecule has 0 spiro atoms. The van der Waals surface area contributed by atoms with E-state index in [1.54, 1.807) is 11.4 Å². The maximum Gasteiger partial charge on any atom is 0.416 e. The maximum absolute atomic E-state index is 13.3. The molecule has 0 aliphatic heterocycles. The molecule has 0 aromatic heterocycles. The lowest BCUT2D eigenvalue weighted by Crippen LogP contribution is -2.63. The van der Waals surface area contributed by atoms with Gasteiger partial charge in [0.1, 0.15) is 18.5 Å². The number of carbonyl (C=O) groups is 3. The van der Waals surface area contributed by atoms with Crippen LogP contribution in [0.5, 0.6) is 0 Å². The normalized spacial score (nSPS) is 41.3. The van der Waals surface area contributed by atoms with Crippen LogP contribution in [0.25, 0.3) is 0 Å². The van der Waals surface area contributed by atoms with Crippen LogP contribution in [0, 0.1) is 34.0 Å². The van der Waals surface area contributed by atoms with Crippen molar-refractivity contribution in [3.05, 3.63) is 12.7 Å². The van der Waals surface area contributed by atoms with Gasteiger partial charge < -0.3 is 19.7 Å². The Hall–Kier alpha value is -2.07. The number of imide groups is 1. The van der Waals surface area contributed by atoms with Crippen molar-refractivity contribution in [3.63, 3.8) is 0 Å². The van der Waals surface area contributed by atoms with Gasteiger partial charge in [0.05, 0.1) is 6.10 Å². The molecule has 8 nitrogen and oxygen atoms in total. The van der Waals surface area contributed by atoms with Crippen LogP contribution in [-0.2, 0) is 14.3 Å². The summed E-state index contributed by atoms with van der Waals surface area (Å²) in [6, 6.07) is 0. The fraction of sp³-hybridized carbons (Fsp3) is 0.800. The maximum atomic E-state index is 13.3. The molecular weight excluding hydrogens is 464 g/mol.